The predicted molar refractivity (Wildman–Crippen MR) is 152 cm³/mol. The second-order valence-corrected chi connectivity index (χ2v) is 10.3. The monoisotopic (exact) mass is 522 g/mol. The Balaban J connectivity index is 1.29. The zero-order valence-corrected chi connectivity index (χ0v) is 21.8. The summed E-state index contributed by atoms with van der Waals surface area (Å²) in [5, 5.41) is 2.96. The van der Waals surface area contributed by atoms with Crippen molar-refractivity contribution in [1.82, 2.24) is 5.32 Å². The van der Waals surface area contributed by atoms with Crippen molar-refractivity contribution >= 4 is 35.3 Å². The number of carbonyl (C=O) groups excluding carboxylic acids is 2. The van der Waals surface area contributed by atoms with Crippen molar-refractivity contribution in [3.05, 3.63) is 136 Å². The Morgan fingerprint density at radius 1 is 0.921 bits per heavy atom. The van der Waals surface area contributed by atoms with E-state index in [4.69, 9.17) is 0 Å². The number of hydrogen-bond acceptors (Lipinski definition) is 3. The SMILES string of the molecule is Cc1ccc(CCNC(=O)c2ccc(/C=C3\Sc4ccccc4N(Cc4ccccc4F)C3=O)cc2)cc1. The molecule has 0 spiro atoms. The number of para-hydroxylation sites is 1. The van der Waals surface area contributed by atoms with Crippen molar-refractivity contribution in [3.8, 4) is 0 Å². The third kappa shape index (κ3) is 5.87. The summed E-state index contributed by atoms with van der Waals surface area (Å²) in [4.78, 5) is 29.2. The van der Waals surface area contributed by atoms with Crippen LogP contribution in [-0.4, -0.2) is 18.4 Å². The molecule has 0 aromatic heterocycles. The molecule has 4 aromatic rings. The van der Waals surface area contributed by atoms with E-state index in [0.29, 0.717) is 22.6 Å². The summed E-state index contributed by atoms with van der Waals surface area (Å²) in [6, 6.07) is 29.6. The van der Waals surface area contributed by atoms with E-state index < -0.39 is 0 Å². The van der Waals surface area contributed by atoms with Crippen LogP contribution in [0.5, 0.6) is 0 Å². The number of benzene rings is 4. The first-order valence-electron chi connectivity index (χ1n) is 12.5. The molecule has 1 aliphatic rings. The van der Waals surface area contributed by atoms with Gasteiger partial charge in [0.1, 0.15) is 5.82 Å². The van der Waals surface area contributed by atoms with Crippen LogP contribution in [0.25, 0.3) is 6.08 Å². The van der Waals surface area contributed by atoms with Crippen LogP contribution >= 0.6 is 11.8 Å². The molecule has 0 unspecified atom stereocenters. The minimum atomic E-state index is -0.339. The summed E-state index contributed by atoms with van der Waals surface area (Å²) in [5.74, 6) is -0.659. The van der Waals surface area contributed by atoms with E-state index in [0.717, 1.165) is 22.6 Å². The van der Waals surface area contributed by atoms with Gasteiger partial charge in [0.05, 0.1) is 17.1 Å². The summed E-state index contributed by atoms with van der Waals surface area (Å²) in [6.07, 6.45) is 2.58. The van der Waals surface area contributed by atoms with E-state index in [1.807, 2.05) is 42.5 Å². The zero-order valence-electron chi connectivity index (χ0n) is 21.0. The van der Waals surface area contributed by atoms with Crippen LogP contribution in [-0.2, 0) is 17.8 Å². The molecule has 1 N–H and O–H groups in total. The lowest BCUT2D eigenvalue weighted by molar-refractivity contribution is -0.114. The molecule has 4 nitrogen and oxygen atoms in total. The summed E-state index contributed by atoms with van der Waals surface area (Å²) in [6.45, 7) is 2.74. The number of anilines is 1. The van der Waals surface area contributed by atoms with Gasteiger partial charge in [0.15, 0.2) is 0 Å². The predicted octanol–water partition coefficient (Wildman–Crippen LogP) is 6.79. The maximum atomic E-state index is 14.4. The lowest BCUT2D eigenvalue weighted by Gasteiger charge is -2.30. The average Bonchev–Trinajstić information content (AvgIpc) is 2.93. The van der Waals surface area contributed by atoms with Crippen LogP contribution in [0.1, 0.15) is 32.6 Å². The summed E-state index contributed by atoms with van der Waals surface area (Å²) in [7, 11) is 0. The Labute approximate surface area is 226 Å². The van der Waals surface area contributed by atoms with Gasteiger partial charge in [-0.2, -0.15) is 0 Å². The smallest absolute Gasteiger partial charge is 0.265 e. The van der Waals surface area contributed by atoms with Crippen molar-refractivity contribution in [2.75, 3.05) is 11.4 Å². The molecule has 6 heteroatoms. The van der Waals surface area contributed by atoms with Crippen LogP contribution in [0.4, 0.5) is 10.1 Å². The van der Waals surface area contributed by atoms with Gasteiger partial charge >= 0.3 is 0 Å². The van der Waals surface area contributed by atoms with Crippen LogP contribution < -0.4 is 10.2 Å². The molecule has 0 saturated carbocycles. The van der Waals surface area contributed by atoms with Gasteiger partial charge in [-0.15, -0.1) is 0 Å². The number of carbonyl (C=O) groups is 2. The van der Waals surface area contributed by atoms with E-state index in [1.165, 1.54) is 29.0 Å². The van der Waals surface area contributed by atoms with Crippen molar-refractivity contribution in [2.24, 2.45) is 0 Å². The molecule has 0 atom stereocenters. The molecular weight excluding hydrogens is 495 g/mol. The first-order chi connectivity index (χ1) is 18.5. The van der Waals surface area contributed by atoms with E-state index in [1.54, 1.807) is 35.2 Å². The molecule has 1 heterocycles. The summed E-state index contributed by atoms with van der Waals surface area (Å²) >= 11 is 1.40. The van der Waals surface area contributed by atoms with Gasteiger partial charge < -0.3 is 10.2 Å². The van der Waals surface area contributed by atoms with Crippen LogP contribution in [0, 0.1) is 12.7 Å². The lowest BCUT2D eigenvalue weighted by atomic mass is 10.1. The largest absolute Gasteiger partial charge is 0.352 e. The molecule has 4 aromatic carbocycles. The Bertz CT molecular complexity index is 1500. The van der Waals surface area contributed by atoms with Gasteiger partial charge in [0.25, 0.3) is 11.8 Å². The molecule has 0 fully saturated rings. The highest BCUT2D eigenvalue weighted by Gasteiger charge is 2.29. The van der Waals surface area contributed by atoms with E-state index in [2.05, 4.69) is 36.5 Å². The van der Waals surface area contributed by atoms with Gasteiger partial charge in [0, 0.05) is 22.6 Å². The number of fused-ring (bicyclic) bond motifs is 1. The standard InChI is InChI=1S/C32H27FN2O2S/c1-22-10-12-23(13-11-22)18-19-34-31(36)25-16-14-24(15-17-25)20-30-32(37)35(21-26-6-2-3-7-27(26)33)28-8-4-5-9-29(28)38-30/h2-17,20H,18-19,21H2,1H3,(H,34,36)/b30-20-. The lowest BCUT2D eigenvalue weighted by Crippen LogP contribution is -2.34. The van der Waals surface area contributed by atoms with E-state index in [-0.39, 0.29) is 24.2 Å². The van der Waals surface area contributed by atoms with E-state index >= 15 is 0 Å². The molecule has 1 aliphatic heterocycles. The average molecular weight is 523 g/mol. The number of halogens is 1. The van der Waals surface area contributed by atoms with Gasteiger partial charge in [-0.3, -0.25) is 9.59 Å². The quantitative estimate of drug-likeness (QED) is 0.272. The second-order valence-electron chi connectivity index (χ2n) is 9.17. The molecular formula is C32H27FN2O2S. The van der Waals surface area contributed by atoms with Crippen molar-refractivity contribution in [1.29, 1.82) is 0 Å². The fourth-order valence-corrected chi connectivity index (χ4v) is 5.33. The van der Waals surface area contributed by atoms with Gasteiger partial charge in [-0.1, -0.05) is 84.1 Å². The van der Waals surface area contributed by atoms with Crippen LogP contribution in [0.3, 0.4) is 0 Å². The minimum Gasteiger partial charge on any atom is -0.352 e. The number of amides is 2. The fraction of sp³-hybridized carbons (Fsp3) is 0.125. The highest BCUT2D eigenvalue weighted by molar-refractivity contribution is 8.04. The molecule has 2 amide bonds. The Kier molecular flexibility index (Phi) is 7.70. The Morgan fingerprint density at radius 2 is 1.63 bits per heavy atom. The van der Waals surface area contributed by atoms with Crippen molar-refractivity contribution in [2.45, 2.75) is 24.8 Å². The number of nitrogens with zero attached hydrogens (tertiary/aromatic N) is 1. The topological polar surface area (TPSA) is 49.4 Å². The number of rotatable bonds is 7. The Hall–Kier alpha value is -4.16. The van der Waals surface area contributed by atoms with Crippen molar-refractivity contribution < 1.29 is 14.0 Å². The molecule has 0 saturated heterocycles. The van der Waals surface area contributed by atoms with Gasteiger partial charge in [0.2, 0.25) is 0 Å². The molecule has 0 aliphatic carbocycles. The van der Waals surface area contributed by atoms with Crippen LogP contribution in [0.2, 0.25) is 0 Å². The summed E-state index contributed by atoms with van der Waals surface area (Å²) < 4.78 is 14.4. The maximum Gasteiger partial charge on any atom is 0.265 e. The normalized spacial score (nSPS) is 13.9. The third-order valence-corrected chi connectivity index (χ3v) is 7.49. The molecule has 38 heavy (non-hydrogen) atoms. The highest BCUT2D eigenvalue weighted by Crippen LogP contribution is 2.42. The second kappa shape index (κ2) is 11.5. The fourth-order valence-electron chi connectivity index (χ4n) is 4.28. The number of hydrogen-bond donors (Lipinski definition) is 1. The zero-order chi connectivity index (χ0) is 26.5. The maximum absolute atomic E-state index is 14.4. The molecule has 0 radical (unpaired) electrons. The third-order valence-electron chi connectivity index (χ3n) is 6.41. The van der Waals surface area contributed by atoms with E-state index in [9.17, 15) is 14.0 Å². The molecule has 190 valence electrons. The number of nitrogens with one attached hydrogen (secondary N) is 1. The number of thioether (sulfide) groups is 1. The first-order valence-corrected chi connectivity index (χ1v) is 13.3. The van der Waals surface area contributed by atoms with Gasteiger partial charge in [-0.25, -0.2) is 4.39 Å². The summed E-state index contributed by atoms with van der Waals surface area (Å²) in [5.41, 5.74) is 4.98. The van der Waals surface area contributed by atoms with Crippen LogP contribution in [0.15, 0.2) is 107 Å². The Morgan fingerprint density at radius 3 is 2.39 bits per heavy atom. The molecule has 0 bridgehead atoms. The highest BCUT2D eigenvalue weighted by atomic mass is 32.2. The minimum absolute atomic E-state index is 0.135. The van der Waals surface area contributed by atoms with Crippen molar-refractivity contribution in [3.63, 3.8) is 0 Å². The first kappa shape index (κ1) is 25.5. The van der Waals surface area contributed by atoms with Gasteiger partial charge in [-0.05, 0) is 60.9 Å². The molecule has 5 rings (SSSR count). The number of aryl methyl sites for hydroxylation is 1.